The predicted molar refractivity (Wildman–Crippen MR) is 83.6 cm³/mol. The Hall–Kier alpha value is -2.45. The van der Waals surface area contributed by atoms with Crippen molar-refractivity contribution in [2.75, 3.05) is 13.1 Å². The van der Waals surface area contributed by atoms with E-state index in [-0.39, 0.29) is 29.6 Å². The summed E-state index contributed by atoms with van der Waals surface area (Å²) in [7, 11) is 0. The van der Waals surface area contributed by atoms with Gasteiger partial charge in [-0.25, -0.2) is 4.79 Å². The van der Waals surface area contributed by atoms with Crippen molar-refractivity contribution in [3.8, 4) is 5.75 Å². The molecule has 1 aromatic rings. The van der Waals surface area contributed by atoms with Crippen LogP contribution in [0.15, 0.2) is 24.3 Å². The van der Waals surface area contributed by atoms with Crippen LogP contribution in [0.5, 0.6) is 5.75 Å². The van der Waals surface area contributed by atoms with Crippen LogP contribution in [0.3, 0.4) is 0 Å². The van der Waals surface area contributed by atoms with Gasteiger partial charge in [0, 0.05) is 19.0 Å². The van der Waals surface area contributed by atoms with Gasteiger partial charge in [0.25, 0.3) is 0 Å². The van der Waals surface area contributed by atoms with Gasteiger partial charge in [0.15, 0.2) is 0 Å². The first kappa shape index (κ1) is 18.9. The Morgan fingerprint density at radius 2 is 1.80 bits per heavy atom. The maximum absolute atomic E-state index is 12.2. The molecule has 0 radical (unpaired) electrons. The number of nitrogens with one attached hydrogen (secondary N) is 1. The Bertz CT molecular complexity index is 611. The number of nitrogens with two attached hydrogens (primary N) is 1. The van der Waals surface area contributed by atoms with Crippen molar-refractivity contribution < 1.29 is 27.5 Å². The van der Waals surface area contributed by atoms with Crippen molar-refractivity contribution in [3.05, 3.63) is 29.8 Å². The van der Waals surface area contributed by atoms with E-state index in [4.69, 9.17) is 5.73 Å². The quantitative estimate of drug-likeness (QED) is 0.866. The summed E-state index contributed by atoms with van der Waals surface area (Å²) >= 11 is 0. The lowest BCUT2D eigenvalue weighted by atomic mass is 9.96. The number of rotatable bonds is 4. The van der Waals surface area contributed by atoms with Gasteiger partial charge >= 0.3 is 12.4 Å². The molecule has 0 bridgehead atoms. The minimum Gasteiger partial charge on any atom is -0.406 e. The van der Waals surface area contributed by atoms with Gasteiger partial charge in [-0.2, -0.15) is 0 Å². The molecule has 0 spiro atoms. The fourth-order valence-corrected chi connectivity index (χ4v) is 2.69. The molecule has 0 saturated carbocycles. The van der Waals surface area contributed by atoms with E-state index in [1.807, 2.05) is 0 Å². The highest BCUT2D eigenvalue weighted by molar-refractivity contribution is 5.78. The summed E-state index contributed by atoms with van der Waals surface area (Å²) in [6.07, 6.45) is -3.68. The number of ether oxygens (including phenoxy) is 1. The molecule has 3 N–H and O–H groups in total. The molecule has 1 heterocycles. The van der Waals surface area contributed by atoms with Crippen molar-refractivity contribution in [1.82, 2.24) is 10.2 Å². The van der Waals surface area contributed by atoms with E-state index in [0.717, 1.165) is 0 Å². The van der Waals surface area contributed by atoms with Crippen molar-refractivity contribution in [3.63, 3.8) is 0 Å². The second-order valence-electron chi connectivity index (χ2n) is 5.95. The molecule has 1 aliphatic heterocycles. The second-order valence-corrected chi connectivity index (χ2v) is 5.95. The minimum absolute atomic E-state index is 0.206. The molecule has 0 aliphatic carbocycles. The Morgan fingerprint density at radius 1 is 1.24 bits per heavy atom. The molecule has 1 atom stereocenters. The summed E-state index contributed by atoms with van der Waals surface area (Å²) < 4.78 is 40.2. The lowest BCUT2D eigenvalue weighted by molar-refractivity contribution is -0.274. The average Bonchev–Trinajstić information content (AvgIpc) is 2.54. The van der Waals surface area contributed by atoms with Gasteiger partial charge < -0.3 is 20.7 Å². The number of alkyl halides is 3. The Balaban J connectivity index is 1.88. The summed E-state index contributed by atoms with van der Waals surface area (Å²) in [5, 5.41) is 2.79. The van der Waals surface area contributed by atoms with Gasteiger partial charge in [0.2, 0.25) is 5.91 Å². The molecule has 1 aromatic carbocycles. The van der Waals surface area contributed by atoms with E-state index in [1.54, 1.807) is 11.8 Å². The van der Waals surface area contributed by atoms with Gasteiger partial charge in [-0.15, -0.1) is 13.2 Å². The number of urea groups is 1. The lowest BCUT2D eigenvalue weighted by Crippen LogP contribution is -2.46. The molecule has 1 saturated heterocycles. The molecule has 0 aromatic heterocycles. The van der Waals surface area contributed by atoms with Crippen LogP contribution in [-0.4, -0.2) is 36.3 Å². The first-order valence-electron chi connectivity index (χ1n) is 7.86. The molecule has 6 nitrogen and oxygen atoms in total. The highest BCUT2D eigenvalue weighted by atomic mass is 19.4. The van der Waals surface area contributed by atoms with Gasteiger partial charge in [-0.3, -0.25) is 4.79 Å². The van der Waals surface area contributed by atoms with E-state index in [2.05, 4.69) is 10.1 Å². The lowest BCUT2D eigenvalue weighted by Gasteiger charge is -2.31. The van der Waals surface area contributed by atoms with Crippen LogP contribution in [0.4, 0.5) is 18.0 Å². The van der Waals surface area contributed by atoms with E-state index < -0.39 is 6.36 Å². The molecular formula is C16H20F3N3O3. The van der Waals surface area contributed by atoms with Crippen LogP contribution in [-0.2, 0) is 4.79 Å². The standard InChI is InChI=1S/C16H20F3N3O3/c1-10(11-2-4-13(5-3-11)25-16(17,18)19)21-15(24)22-8-6-12(7-9-22)14(20)23/h2-5,10,12H,6-9H2,1H3,(H2,20,23)(H,21,24)/t10-/m1/s1. The van der Waals surface area contributed by atoms with Crippen molar-refractivity contribution in [1.29, 1.82) is 0 Å². The van der Waals surface area contributed by atoms with Gasteiger partial charge in [0.1, 0.15) is 5.75 Å². The van der Waals surface area contributed by atoms with Crippen LogP contribution < -0.4 is 15.8 Å². The predicted octanol–water partition coefficient (Wildman–Crippen LogP) is 2.55. The maximum Gasteiger partial charge on any atom is 0.573 e. The zero-order chi connectivity index (χ0) is 18.6. The topological polar surface area (TPSA) is 84.7 Å². The van der Waals surface area contributed by atoms with E-state index in [1.165, 1.54) is 24.3 Å². The first-order chi connectivity index (χ1) is 11.7. The minimum atomic E-state index is -4.74. The highest BCUT2D eigenvalue weighted by Crippen LogP contribution is 2.24. The number of benzene rings is 1. The number of nitrogens with zero attached hydrogens (tertiary/aromatic N) is 1. The first-order valence-corrected chi connectivity index (χ1v) is 7.86. The monoisotopic (exact) mass is 359 g/mol. The summed E-state index contributed by atoms with van der Waals surface area (Å²) in [6, 6.07) is 4.65. The van der Waals surface area contributed by atoms with Gasteiger partial charge in [-0.05, 0) is 37.5 Å². The van der Waals surface area contributed by atoms with Crippen LogP contribution in [0.25, 0.3) is 0 Å². The summed E-state index contributed by atoms with van der Waals surface area (Å²) in [4.78, 5) is 25.0. The normalized spacial score (nSPS) is 17.0. The third kappa shape index (κ3) is 5.54. The number of hydrogen-bond acceptors (Lipinski definition) is 3. The molecule has 2 rings (SSSR count). The second kappa shape index (κ2) is 7.62. The largest absolute Gasteiger partial charge is 0.573 e. The van der Waals surface area contributed by atoms with E-state index in [9.17, 15) is 22.8 Å². The number of hydrogen-bond donors (Lipinski definition) is 2. The molecule has 138 valence electrons. The Labute approximate surface area is 143 Å². The molecule has 0 unspecified atom stereocenters. The molecule has 1 aliphatic rings. The molecule has 9 heteroatoms. The SMILES string of the molecule is C[C@@H](NC(=O)N1CCC(C(N)=O)CC1)c1ccc(OC(F)(F)F)cc1. The zero-order valence-electron chi connectivity index (χ0n) is 13.7. The van der Waals surface area contributed by atoms with Crippen LogP contribution >= 0.6 is 0 Å². The maximum atomic E-state index is 12.2. The van der Waals surface area contributed by atoms with E-state index in [0.29, 0.717) is 31.5 Å². The van der Waals surface area contributed by atoms with Crippen molar-refractivity contribution in [2.24, 2.45) is 11.7 Å². The highest BCUT2D eigenvalue weighted by Gasteiger charge is 2.31. The fourth-order valence-electron chi connectivity index (χ4n) is 2.69. The Morgan fingerprint density at radius 3 is 2.28 bits per heavy atom. The van der Waals surface area contributed by atoms with Crippen molar-refractivity contribution >= 4 is 11.9 Å². The molecule has 1 fully saturated rings. The van der Waals surface area contributed by atoms with Crippen LogP contribution in [0.2, 0.25) is 0 Å². The van der Waals surface area contributed by atoms with Gasteiger partial charge in [0.05, 0.1) is 6.04 Å². The molecular weight excluding hydrogens is 339 g/mol. The van der Waals surface area contributed by atoms with Crippen LogP contribution in [0, 0.1) is 5.92 Å². The van der Waals surface area contributed by atoms with Gasteiger partial charge in [-0.1, -0.05) is 12.1 Å². The summed E-state index contributed by atoms with van der Waals surface area (Å²) in [5.74, 6) is -0.874. The number of likely N-dealkylation sites (tertiary alicyclic amines) is 1. The third-order valence-electron chi connectivity index (χ3n) is 4.14. The Kier molecular flexibility index (Phi) is 5.76. The number of amides is 3. The molecule has 25 heavy (non-hydrogen) atoms. The summed E-state index contributed by atoms with van der Waals surface area (Å²) in [6.45, 7) is 2.60. The number of halogens is 3. The summed E-state index contributed by atoms with van der Waals surface area (Å²) in [5.41, 5.74) is 5.91. The fraction of sp³-hybridized carbons (Fsp3) is 0.500. The number of primary amides is 1. The van der Waals surface area contributed by atoms with Crippen molar-refractivity contribution in [2.45, 2.75) is 32.2 Å². The average molecular weight is 359 g/mol. The number of carbonyl (C=O) groups excluding carboxylic acids is 2. The number of carbonyl (C=O) groups is 2. The number of piperidine rings is 1. The molecule has 3 amide bonds. The third-order valence-corrected chi connectivity index (χ3v) is 4.14. The zero-order valence-corrected chi connectivity index (χ0v) is 13.7. The van der Waals surface area contributed by atoms with E-state index >= 15 is 0 Å². The van der Waals surface area contributed by atoms with Crippen LogP contribution in [0.1, 0.15) is 31.4 Å². The smallest absolute Gasteiger partial charge is 0.406 e.